The highest BCUT2D eigenvalue weighted by Gasteiger charge is 2.20. The van der Waals surface area contributed by atoms with Crippen LogP contribution in [0, 0.1) is 18.6 Å². The van der Waals surface area contributed by atoms with Gasteiger partial charge in [0.05, 0.1) is 6.54 Å². The van der Waals surface area contributed by atoms with E-state index in [1.54, 1.807) is 31.2 Å². The highest BCUT2D eigenvalue weighted by Crippen LogP contribution is 2.21. The Bertz CT molecular complexity index is 918. The fraction of sp³-hybridized carbons (Fsp3) is 0.300. The van der Waals surface area contributed by atoms with Gasteiger partial charge in [-0.05, 0) is 42.8 Å². The maximum absolute atomic E-state index is 13.7. The standard InChI is InChI=1S/C20H20F2N4O/c1-14-2-3-15(12-18(14)22)20-23-19(27-24-20)13-25-8-10-26(11-9-25)17-6-4-16(21)5-7-17/h2-7,12H,8-11,13H2,1H3. The number of hydrogen-bond donors (Lipinski definition) is 0. The van der Waals surface area contributed by atoms with Gasteiger partial charge < -0.3 is 9.42 Å². The molecule has 1 fully saturated rings. The maximum Gasteiger partial charge on any atom is 0.241 e. The third-order valence-corrected chi connectivity index (χ3v) is 4.82. The molecule has 27 heavy (non-hydrogen) atoms. The van der Waals surface area contributed by atoms with E-state index in [-0.39, 0.29) is 11.6 Å². The van der Waals surface area contributed by atoms with E-state index in [0.717, 1.165) is 31.9 Å². The second-order valence-corrected chi connectivity index (χ2v) is 6.72. The summed E-state index contributed by atoms with van der Waals surface area (Å²) in [5.41, 5.74) is 2.22. The first-order chi connectivity index (χ1) is 13.1. The summed E-state index contributed by atoms with van der Waals surface area (Å²) in [5.74, 6) is 0.406. The van der Waals surface area contributed by atoms with Crippen molar-refractivity contribution in [2.24, 2.45) is 0 Å². The Morgan fingerprint density at radius 3 is 2.44 bits per heavy atom. The Kier molecular flexibility index (Phi) is 4.85. The molecule has 0 atom stereocenters. The van der Waals surface area contributed by atoms with Crippen molar-refractivity contribution in [1.29, 1.82) is 0 Å². The van der Waals surface area contributed by atoms with Crippen LogP contribution in [-0.2, 0) is 6.54 Å². The van der Waals surface area contributed by atoms with E-state index in [1.165, 1.54) is 18.2 Å². The fourth-order valence-electron chi connectivity index (χ4n) is 3.18. The highest BCUT2D eigenvalue weighted by molar-refractivity contribution is 5.55. The molecule has 0 unspecified atom stereocenters. The molecule has 1 aliphatic heterocycles. The average molecular weight is 370 g/mol. The maximum atomic E-state index is 13.7. The van der Waals surface area contributed by atoms with E-state index in [9.17, 15) is 8.78 Å². The van der Waals surface area contributed by atoms with Gasteiger partial charge in [0.15, 0.2) is 0 Å². The minimum absolute atomic E-state index is 0.224. The van der Waals surface area contributed by atoms with Crippen LogP contribution in [0.25, 0.3) is 11.4 Å². The SMILES string of the molecule is Cc1ccc(-c2noc(CN3CCN(c4ccc(F)cc4)CC3)n2)cc1F. The van der Waals surface area contributed by atoms with Crippen molar-refractivity contribution < 1.29 is 13.3 Å². The molecule has 0 N–H and O–H groups in total. The van der Waals surface area contributed by atoms with Crippen molar-refractivity contribution in [3.05, 3.63) is 65.6 Å². The van der Waals surface area contributed by atoms with Crippen molar-refractivity contribution in [3.63, 3.8) is 0 Å². The van der Waals surface area contributed by atoms with Gasteiger partial charge in [-0.1, -0.05) is 17.3 Å². The number of rotatable bonds is 4. The van der Waals surface area contributed by atoms with Crippen LogP contribution in [-0.4, -0.2) is 41.2 Å². The minimum Gasteiger partial charge on any atom is -0.369 e. The normalized spacial score (nSPS) is 15.3. The van der Waals surface area contributed by atoms with E-state index in [2.05, 4.69) is 19.9 Å². The average Bonchev–Trinajstić information content (AvgIpc) is 3.14. The van der Waals surface area contributed by atoms with Crippen LogP contribution >= 0.6 is 0 Å². The molecule has 2 aromatic carbocycles. The molecule has 0 amide bonds. The van der Waals surface area contributed by atoms with Crippen molar-refractivity contribution in [2.45, 2.75) is 13.5 Å². The van der Waals surface area contributed by atoms with Gasteiger partial charge in [0, 0.05) is 37.4 Å². The molecule has 0 radical (unpaired) electrons. The molecule has 5 nitrogen and oxygen atoms in total. The summed E-state index contributed by atoms with van der Waals surface area (Å²) >= 11 is 0. The second kappa shape index (κ2) is 7.44. The van der Waals surface area contributed by atoms with Gasteiger partial charge in [-0.15, -0.1) is 0 Å². The number of benzene rings is 2. The fourth-order valence-corrected chi connectivity index (χ4v) is 3.18. The zero-order valence-corrected chi connectivity index (χ0v) is 15.0. The quantitative estimate of drug-likeness (QED) is 0.702. The summed E-state index contributed by atoms with van der Waals surface area (Å²) in [6.07, 6.45) is 0. The van der Waals surface area contributed by atoms with Gasteiger partial charge in [-0.2, -0.15) is 4.98 Å². The first-order valence-corrected chi connectivity index (χ1v) is 8.90. The molecule has 0 aliphatic carbocycles. The Labute approximate surface area is 156 Å². The highest BCUT2D eigenvalue weighted by atomic mass is 19.1. The molecule has 0 saturated carbocycles. The van der Waals surface area contributed by atoms with Crippen LogP contribution in [0.4, 0.5) is 14.5 Å². The van der Waals surface area contributed by atoms with Crippen molar-refractivity contribution in [3.8, 4) is 11.4 Å². The Balaban J connectivity index is 1.36. The number of anilines is 1. The van der Waals surface area contributed by atoms with E-state index in [0.29, 0.717) is 29.4 Å². The lowest BCUT2D eigenvalue weighted by molar-refractivity contribution is 0.215. The van der Waals surface area contributed by atoms with E-state index in [4.69, 9.17) is 4.52 Å². The van der Waals surface area contributed by atoms with Crippen LogP contribution in [0.1, 0.15) is 11.5 Å². The van der Waals surface area contributed by atoms with E-state index < -0.39 is 0 Å². The Morgan fingerprint density at radius 1 is 1.00 bits per heavy atom. The summed E-state index contributed by atoms with van der Waals surface area (Å²) in [4.78, 5) is 8.85. The molecule has 1 aromatic heterocycles. The predicted molar refractivity (Wildman–Crippen MR) is 98.3 cm³/mol. The van der Waals surface area contributed by atoms with Crippen LogP contribution < -0.4 is 4.90 Å². The molecule has 1 aliphatic rings. The third-order valence-electron chi connectivity index (χ3n) is 4.82. The van der Waals surface area contributed by atoms with Crippen LogP contribution in [0.3, 0.4) is 0 Å². The molecule has 0 spiro atoms. The summed E-state index contributed by atoms with van der Waals surface area (Å²) < 4.78 is 32.1. The first-order valence-electron chi connectivity index (χ1n) is 8.90. The zero-order valence-electron chi connectivity index (χ0n) is 15.0. The summed E-state index contributed by atoms with van der Waals surface area (Å²) in [6, 6.07) is 11.5. The van der Waals surface area contributed by atoms with Crippen LogP contribution in [0.5, 0.6) is 0 Å². The molecule has 2 heterocycles. The molecule has 3 aromatic rings. The van der Waals surface area contributed by atoms with Gasteiger partial charge in [-0.25, -0.2) is 8.78 Å². The smallest absolute Gasteiger partial charge is 0.241 e. The predicted octanol–water partition coefficient (Wildman–Crippen LogP) is 3.65. The van der Waals surface area contributed by atoms with Crippen molar-refractivity contribution in [1.82, 2.24) is 15.0 Å². The largest absolute Gasteiger partial charge is 0.369 e. The Morgan fingerprint density at radius 2 is 1.74 bits per heavy atom. The summed E-state index contributed by atoms with van der Waals surface area (Å²) in [7, 11) is 0. The van der Waals surface area contributed by atoms with Gasteiger partial charge >= 0.3 is 0 Å². The molecule has 1 saturated heterocycles. The van der Waals surface area contributed by atoms with Crippen LogP contribution in [0.15, 0.2) is 47.0 Å². The van der Waals surface area contributed by atoms with Crippen LogP contribution in [0.2, 0.25) is 0 Å². The topological polar surface area (TPSA) is 45.4 Å². The third kappa shape index (κ3) is 3.98. The number of aromatic nitrogens is 2. The lowest BCUT2D eigenvalue weighted by Gasteiger charge is -2.35. The molecular weight excluding hydrogens is 350 g/mol. The van der Waals surface area contributed by atoms with E-state index in [1.807, 2.05) is 0 Å². The van der Waals surface area contributed by atoms with Crippen molar-refractivity contribution >= 4 is 5.69 Å². The van der Waals surface area contributed by atoms with Gasteiger partial charge in [-0.3, -0.25) is 4.90 Å². The lowest BCUT2D eigenvalue weighted by Crippen LogP contribution is -2.46. The Hall–Kier alpha value is -2.80. The first kappa shape index (κ1) is 17.6. The molecule has 4 rings (SSSR count). The van der Waals surface area contributed by atoms with E-state index >= 15 is 0 Å². The number of piperazine rings is 1. The molecule has 140 valence electrons. The number of nitrogens with zero attached hydrogens (tertiary/aromatic N) is 4. The van der Waals surface area contributed by atoms with Gasteiger partial charge in [0.2, 0.25) is 11.7 Å². The second-order valence-electron chi connectivity index (χ2n) is 6.72. The minimum atomic E-state index is -0.282. The summed E-state index contributed by atoms with van der Waals surface area (Å²) in [6.45, 7) is 5.64. The van der Waals surface area contributed by atoms with Crippen molar-refractivity contribution in [2.75, 3.05) is 31.1 Å². The zero-order chi connectivity index (χ0) is 18.8. The monoisotopic (exact) mass is 370 g/mol. The lowest BCUT2D eigenvalue weighted by atomic mass is 10.1. The number of aryl methyl sites for hydroxylation is 1. The number of halogens is 2. The molecule has 7 heteroatoms. The molecular formula is C20H20F2N4O. The number of hydrogen-bond acceptors (Lipinski definition) is 5. The van der Waals surface area contributed by atoms with Gasteiger partial charge in [0.25, 0.3) is 0 Å². The summed E-state index contributed by atoms with van der Waals surface area (Å²) in [5, 5.41) is 3.97. The van der Waals surface area contributed by atoms with Gasteiger partial charge in [0.1, 0.15) is 11.6 Å². The molecule has 0 bridgehead atoms.